The molecule has 10 amide bonds. The number of unbranched alkanes of at least 4 members (excludes halogenated alkanes) is 1. The first kappa shape index (κ1) is 69.8. The Morgan fingerprint density at radius 3 is 1.29 bits per heavy atom. The van der Waals surface area contributed by atoms with Gasteiger partial charge in [-0.2, -0.15) is 0 Å². The molecule has 0 spiro atoms. The van der Waals surface area contributed by atoms with Gasteiger partial charge < -0.3 is 75.7 Å². The van der Waals surface area contributed by atoms with Crippen LogP contribution in [0.2, 0.25) is 0 Å². The summed E-state index contributed by atoms with van der Waals surface area (Å²) in [4.78, 5) is 159. The van der Waals surface area contributed by atoms with E-state index in [1.165, 1.54) is 0 Å². The zero-order valence-electron chi connectivity index (χ0n) is 46.9. The lowest BCUT2D eigenvalue weighted by molar-refractivity contribution is -0.143. The fourth-order valence-corrected chi connectivity index (χ4v) is 8.17. The predicted octanol–water partition coefficient (Wildman–Crippen LogP) is -1.16. The lowest BCUT2D eigenvalue weighted by atomic mass is 9.96. The first-order chi connectivity index (χ1) is 37.0. The maximum Gasteiger partial charge on any atom is 0.326 e. The predicted molar refractivity (Wildman–Crippen MR) is 291 cm³/mol. The van der Waals surface area contributed by atoms with E-state index in [0.29, 0.717) is 12.8 Å². The molecule has 0 saturated carbocycles. The molecule has 0 bridgehead atoms. The molecule has 1 aromatic rings. The lowest BCUT2D eigenvalue weighted by Gasteiger charge is -2.29. The summed E-state index contributed by atoms with van der Waals surface area (Å²) in [5.41, 5.74) is 23.5. The van der Waals surface area contributed by atoms with E-state index in [0.717, 1.165) is 5.56 Å². The molecule has 0 radical (unpaired) electrons. The number of benzene rings is 1. The zero-order chi connectivity index (χ0) is 60.1. The molecule has 444 valence electrons. The highest BCUT2D eigenvalue weighted by Gasteiger charge is 2.37. The van der Waals surface area contributed by atoms with Gasteiger partial charge in [0.2, 0.25) is 59.1 Å². The van der Waals surface area contributed by atoms with E-state index >= 15 is 0 Å². The number of hydrogen-bond donors (Lipinski definition) is 14. The normalized spacial score (nSPS) is 15.1. The molecule has 0 fully saturated rings. The summed E-state index contributed by atoms with van der Waals surface area (Å²) in [6.07, 6.45) is -1.52. The summed E-state index contributed by atoms with van der Waals surface area (Å²) < 4.78 is 0. The van der Waals surface area contributed by atoms with Crippen LogP contribution >= 0.6 is 0 Å². The smallest absolute Gasteiger partial charge is 0.326 e. The van der Waals surface area contributed by atoms with Crippen LogP contribution in [0, 0.1) is 23.7 Å². The minimum absolute atomic E-state index is 0.00626. The Balaban J connectivity index is 3.53. The number of nitrogens with two attached hydrogens (primary N) is 4. The Labute approximate surface area is 462 Å². The Morgan fingerprint density at radius 1 is 0.481 bits per heavy atom. The van der Waals surface area contributed by atoms with Gasteiger partial charge in [0.1, 0.15) is 48.3 Å². The number of hydrogen-bond acceptors (Lipinski definition) is 14. The van der Waals surface area contributed by atoms with Crippen molar-refractivity contribution in [2.24, 2.45) is 46.6 Å². The minimum atomic E-state index is -1.99. The first-order valence-corrected chi connectivity index (χ1v) is 26.9. The van der Waals surface area contributed by atoms with Crippen LogP contribution < -0.4 is 65.5 Å². The number of aliphatic carboxylic acids is 2. The fourth-order valence-electron chi connectivity index (χ4n) is 8.17. The van der Waals surface area contributed by atoms with E-state index in [1.807, 2.05) is 19.9 Å². The largest absolute Gasteiger partial charge is 0.481 e. The molecule has 79 heavy (non-hydrogen) atoms. The average Bonchev–Trinajstić information content (AvgIpc) is 3.36. The SMILES string of the molecule is CC[C@H](C)[C@H](NC(=O)[C@H](CCC(N)=O)NC(=O)[C@H](CC(=O)O)NC(=O)[C@H](CCC(N)=O)NC(=O)[C@H](CC(C)C)NC(=O)[C@H](CC(C)C)NC(=O)[C@@H](N)Cc1ccccc1)C(=O)N[C@@H](CCCCN)C(=O)N[C@@H](CC(C)C)C(=O)O. The molecule has 1 rings (SSSR count). The summed E-state index contributed by atoms with van der Waals surface area (Å²) in [6, 6.07) is -3.86. The van der Waals surface area contributed by atoms with Crippen LogP contribution in [0.1, 0.15) is 138 Å². The second-order valence-corrected chi connectivity index (χ2v) is 21.2. The molecule has 26 heteroatoms. The van der Waals surface area contributed by atoms with Gasteiger partial charge in [-0.1, -0.05) is 92.1 Å². The van der Waals surface area contributed by atoms with E-state index in [1.54, 1.807) is 65.8 Å². The summed E-state index contributed by atoms with van der Waals surface area (Å²) >= 11 is 0. The fraction of sp³-hybridized carbons (Fsp3) is 0.660. The number of primary amides is 2. The van der Waals surface area contributed by atoms with E-state index in [2.05, 4.69) is 42.5 Å². The molecule has 1 aromatic carbocycles. The minimum Gasteiger partial charge on any atom is -0.481 e. The number of amides is 10. The zero-order valence-corrected chi connectivity index (χ0v) is 46.9. The molecule has 0 aromatic heterocycles. The Bertz CT molecular complexity index is 2210. The van der Waals surface area contributed by atoms with Gasteiger partial charge in [0.15, 0.2) is 0 Å². The van der Waals surface area contributed by atoms with E-state index in [9.17, 15) is 67.7 Å². The third kappa shape index (κ3) is 27.8. The van der Waals surface area contributed by atoms with Crippen LogP contribution in [0.4, 0.5) is 0 Å². The molecule has 26 nitrogen and oxygen atoms in total. The number of carbonyl (C=O) groups is 12. The van der Waals surface area contributed by atoms with Crippen LogP contribution in [0.15, 0.2) is 30.3 Å². The van der Waals surface area contributed by atoms with Crippen molar-refractivity contribution in [3.8, 4) is 0 Å². The van der Waals surface area contributed by atoms with E-state index in [4.69, 9.17) is 22.9 Å². The van der Waals surface area contributed by atoms with Gasteiger partial charge in [-0.3, -0.25) is 52.7 Å². The Kier molecular flexibility index (Phi) is 31.8. The number of carboxylic acid groups (broad SMARTS) is 2. The topological polar surface area (TPSA) is 446 Å². The molecule has 18 N–H and O–H groups in total. The van der Waals surface area contributed by atoms with Crippen LogP contribution in [-0.2, 0) is 64.0 Å². The van der Waals surface area contributed by atoms with Crippen molar-refractivity contribution < 1.29 is 67.7 Å². The molecule has 0 aliphatic heterocycles. The summed E-state index contributed by atoms with van der Waals surface area (Å²) in [5, 5.41) is 39.7. The summed E-state index contributed by atoms with van der Waals surface area (Å²) in [7, 11) is 0. The third-order valence-corrected chi connectivity index (χ3v) is 12.6. The molecular weight excluding hydrogens is 1030 g/mol. The van der Waals surface area contributed by atoms with Crippen molar-refractivity contribution in [1.82, 2.24) is 42.5 Å². The molecule has 10 atom stereocenters. The molecule has 0 aliphatic rings. The average molecular weight is 1120 g/mol. The van der Waals surface area contributed by atoms with Crippen LogP contribution in [-0.4, -0.2) is 142 Å². The number of carboxylic acids is 2. The Hall–Kier alpha value is -7.22. The van der Waals surface area contributed by atoms with Gasteiger partial charge in [-0.05, 0) is 93.6 Å². The number of rotatable bonds is 39. The molecule has 0 aliphatic carbocycles. The highest BCUT2D eigenvalue weighted by Crippen LogP contribution is 2.15. The van der Waals surface area contributed by atoms with Crippen molar-refractivity contribution in [3.63, 3.8) is 0 Å². The monoisotopic (exact) mass is 1120 g/mol. The molecule has 0 unspecified atom stereocenters. The highest BCUT2D eigenvalue weighted by molar-refractivity contribution is 5.99. The number of nitrogens with one attached hydrogen (secondary N) is 8. The van der Waals surface area contributed by atoms with Gasteiger partial charge >= 0.3 is 11.9 Å². The van der Waals surface area contributed by atoms with Crippen molar-refractivity contribution in [2.75, 3.05) is 6.54 Å². The van der Waals surface area contributed by atoms with Crippen LogP contribution in [0.5, 0.6) is 0 Å². The second-order valence-electron chi connectivity index (χ2n) is 21.2. The van der Waals surface area contributed by atoms with Crippen LogP contribution in [0.3, 0.4) is 0 Å². The van der Waals surface area contributed by atoms with Gasteiger partial charge in [0.05, 0.1) is 12.5 Å². The summed E-state index contributed by atoms with van der Waals surface area (Å²) in [6.45, 7) is 14.3. The van der Waals surface area contributed by atoms with E-state index in [-0.39, 0.29) is 62.8 Å². The lowest BCUT2D eigenvalue weighted by Crippen LogP contribution is -2.61. The van der Waals surface area contributed by atoms with Gasteiger partial charge in [0.25, 0.3) is 0 Å². The van der Waals surface area contributed by atoms with Gasteiger partial charge in [0, 0.05) is 12.8 Å². The highest BCUT2D eigenvalue weighted by atomic mass is 16.4. The van der Waals surface area contributed by atoms with Crippen LogP contribution in [0.25, 0.3) is 0 Å². The third-order valence-electron chi connectivity index (χ3n) is 12.6. The molecule has 0 saturated heterocycles. The maximum absolute atomic E-state index is 14.1. The Morgan fingerprint density at radius 2 is 0.861 bits per heavy atom. The van der Waals surface area contributed by atoms with Crippen molar-refractivity contribution >= 4 is 71.0 Å². The number of carbonyl (C=O) groups excluding carboxylic acids is 10. The molecule has 0 heterocycles. The maximum atomic E-state index is 14.1. The quantitative estimate of drug-likeness (QED) is 0.0346. The van der Waals surface area contributed by atoms with Crippen molar-refractivity contribution in [2.45, 2.75) is 193 Å². The first-order valence-electron chi connectivity index (χ1n) is 26.9. The van der Waals surface area contributed by atoms with Crippen molar-refractivity contribution in [3.05, 3.63) is 35.9 Å². The van der Waals surface area contributed by atoms with Gasteiger partial charge in [-0.15, -0.1) is 0 Å². The van der Waals surface area contributed by atoms with Crippen molar-refractivity contribution in [1.29, 1.82) is 0 Å². The second kappa shape index (κ2) is 36.0. The van der Waals surface area contributed by atoms with Gasteiger partial charge in [-0.25, -0.2) is 4.79 Å². The standard InChI is InChI=1S/C53H88N12O14/c1-9-31(8)44(52(77)60-34(17-13-14-22-54)46(71)64-40(53(78)79)25-30(6)7)65-48(73)36(19-21-42(57)67)59-51(76)39(27-43(68)69)63-47(72)35(18-20-41(56)66)58-49(74)38(24-29(4)5)62-50(75)37(23-28(2)3)61-45(70)33(55)26-32-15-11-10-12-16-32/h10-12,15-16,28-31,33-40,44H,9,13-14,17-27,54-55H2,1-8H3,(H2,56,66)(H2,57,67)(H,58,74)(H,59,76)(H,60,77)(H,61,70)(H,62,75)(H,63,72)(H,64,71)(H,65,73)(H,68,69)(H,78,79)/t31-,33-,34-,35-,36-,37-,38-,39-,40-,44-/m0/s1. The summed E-state index contributed by atoms with van der Waals surface area (Å²) in [5.74, 6) is -13.3. The van der Waals surface area contributed by atoms with E-state index < -0.39 is 163 Å². The molecular formula is C53H88N12O14.